The van der Waals surface area contributed by atoms with E-state index < -0.39 is 23.7 Å². The van der Waals surface area contributed by atoms with Gasteiger partial charge in [0.25, 0.3) is 0 Å². The molecule has 26 heavy (non-hydrogen) atoms. The number of amides is 2. The number of unbranched alkanes of at least 4 members (excludes halogenated alkanes) is 1. The Kier molecular flexibility index (Phi) is 6.94. The van der Waals surface area contributed by atoms with Gasteiger partial charge in [0.2, 0.25) is 11.8 Å². The van der Waals surface area contributed by atoms with Crippen LogP contribution in [-0.4, -0.2) is 34.4 Å². The summed E-state index contributed by atoms with van der Waals surface area (Å²) in [6, 6.07) is 2.57. The number of nitrogens with two attached hydrogens (primary N) is 1. The fourth-order valence-electron chi connectivity index (χ4n) is 2.65. The predicted octanol–water partition coefficient (Wildman–Crippen LogP) is 3.19. The Morgan fingerprint density at radius 2 is 2.08 bits per heavy atom. The first-order valence-electron chi connectivity index (χ1n) is 8.35. The summed E-state index contributed by atoms with van der Waals surface area (Å²) in [7, 11) is 0. The highest BCUT2D eigenvalue weighted by Gasteiger charge is 2.35. The summed E-state index contributed by atoms with van der Waals surface area (Å²) in [6.45, 7) is 1.90. The molecule has 1 aromatic rings. The Balaban J connectivity index is 2.14. The van der Waals surface area contributed by atoms with Crippen molar-refractivity contribution in [1.82, 2.24) is 4.90 Å². The van der Waals surface area contributed by atoms with Crippen molar-refractivity contribution in [3.8, 4) is 0 Å². The second kappa shape index (κ2) is 8.77. The first-order chi connectivity index (χ1) is 12.3. The molecule has 144 valence electrons. The van der Waals surface area contributed by atoms with Crippen molar-refractivity contribution in [3.63, 3.8) is 0 Å². The zero-order valence-electron chi connectivity index (χ0n) is 14.4. The number of thioether (sulfide) groups is 1. The zero-order chi connectivity index (χ0) is 19.3. The van der Waals surface area contributed by atoms with E-state index in [-0.39, 0.29) is 23.7 Å². The Morgan fingerprint density at radius 1 is 1.35 bits per heavy atom. The number of rotatable bonds is 6. The number of nitrogens with zero attached hydrogens (tertiary/aromatic N) is 1. The van der Waals surface area contributed by atoms with E-state index in [0.717, 1.165) is 25.0 Å². The molecular formula is C17H22F3N3O2S. The van der Waals surface area contributed by atoms with Gasteiger partial charge in [-0.3, -0.25) is 9.59 Å². The van der Waals surface area contributed by atoms with Gasteiger partial charge in [-0.15, -0.1) is 11.8 Å². The lowest BCUT2D eigenvalue weighted by molar-refractivity contribution is -0.137. The van der Waals surface area contributed by atoms with Crippen molar-refractivity contribution in [2.24, 2.45) is 5.73 Å². The van der Waals surface area contributed by atoms with E-state index in [4.69, 9.17) is 5.73 Å². The molecule has 5 nitrogen and oxygen atoms in total. The minimum Gasteiger partial charge on any atom is -0.326 e. The molecule has 1 unspecified atom stereocenters. The summed E-state index contributed by atoms with van der Waals surface area (Å²) >= 11 is 1.45. The van der Waals surface area contributed by atoms with Crippen LogP contribution in [0.2, 0.25) is 0 Å². The van der Waals surface area contributed by atoms with Crippen LogP contribution in [0, 0.1) is 0 Å². The highest BCUT2D eigenvalue weighted by molar-refractivity contribution is 7.99. The van der Waals surface area contributed by atoms with E-state index in [1.54, 1.807) is 0 Å². The van der Waals surface area contributed by atoms with Crippen LogP contribution < -0.4 is 11.1 Å². The molecule has 1 aromatic carbocycles. The molecule has 0 aromatic heterocycles. The van der Waals surface area contributed by atoms with Gasteiger partial charge in [0, 0.05) is 24.4 Å². The van der Waals surface area contributed by atoms with E-state index in [2.05, 4.69) is 5.32 Å². The van der Waals surface area contributed by atoms with Crippen molar-refractivity contribution in [3.05, 3.63) is 29.3 Å². The van der Waals surface area contributed by atoms with Crippen LogP contribution in [0.15, 0.2) is 18.2 Å². The highest BCUT2D eigenvalue weighted by Crippen LogP contribution is 2.32. The number of alkyl halides is 3. The topological polar surface area (TPSA) is 75.4 Å². The fourth-order valence-corrected chi connectivity index (χ4v) is 3.83. The second-order valence-electron chi connectivity index (χ2n) is 6.09. The van der Waals surface area contributed by atoms with Crippen LogP contribution in [0.1, 0.15) is 37.3 Å². The normalized spacial score (nSPS) is 17.4. The van der Waals surface area contributed by atoms with Gasteiger partial charge in [-0.25, -0.2) is 0 Å². The maximum atomic E-state index is 13.0. The molecule has 1 saturated heterocycles. The molecule has 2 rings (SSSR count). The number of hydrogen-bond donors (Lipinski definition) is 2. The third kappa shape index (κ3) is 5.14. The molecule has 2 amide bonds. The lowest BCUT2D eigenvalue weighted by Gasteiger charge is -2.23. The van der Waals surface area contributed by atoms with Gasteiger partial charge in [-0.2, -0.15) is 13.2 Å². The molecule has 1 atom stereocenters. The Hall–Kier alpha value is -1.74. The molecule has 0 saturated carbocycles. The first kappa shape index (κ1) is 20.6. The number of halogens is 3. The minimum atomic E-state index is -4.53. The van der Waals surface area contributed by atoms with Crippen LogP contribution in [0.4, 0.5) is 18.9 Å². The summed E-state index contributed by atoms with van der Waals surface area (Å²) < 4.78 is 39.0. The molecule has 1 aliphatic heterocycles. The molecule has 1 fully saturated rings. The smallest absolute Gasteiger partial charge is 0.326 e. The SMILES string of the molecule is CCCCC(=O)N1CSCC1C(=O)Nc1cc(CN)cc(C(F)(F)F)c1. The zero-order valence-corrected chi connectivity index (χ0v) is 15.3. The number of carbonyl (C=O) groups is 2. The molecule has 3 N–H and O–H groups in total. The van der Waals surface area contributed by atoms with Crippen LogP contribution in [0.3, 0.4) is 0 Å². The van der Waals surface area contributed by atoms with Crippen molar-refractivity contribution >= 4 is 29.3 Å². The lowest BCUT2D eigenvalue weighted by Crippen LogP contribution is -2.44. The van der Waals surface area contributed by atoms with E-state index in [0.29, 0.717) is 18.1 Å². The van der Waals surface area contributed by atoms with Crippen molar-refractivity contribution in [1.29, 1.82) is 0 Å². The van der Waals surface area contributed by atoms with Crippen molar-refractivity contribution < 1.29 is 22.8 Å². The standard InChI is InChI=1S/C17H22F3N3O2S/c1-2-3-4-15(24)23-10-26-9-14(23)16(25)22-13-6-11(8-21)5-12(7-13)17(18,19)20/h5-7,14H,2-4,8-10,21H2,1H3,(H,22,25). The third-order valence-electron chi connectivity index (χ3n) is 4.07. The first-order valence-corrected chi connectivity index (χ1v) is 9.51. The van der Waals surface area contributed by atoms with Gasteiger partial charge >= 0.3 is 6.18 Å². The Morgan fingerprint density at radius 3 is 2.69 bits per heavy atom. The van der Waals surface area contributed by atoms with Gasteiger partial charge in [0.15, 0.2) is 0 Å². The average Bonchev–Trinajstić information content (AvgIpc) is 3.08. The number of carbonyl (C=O) groups excluding carboxylic acids is 2. The average molecular weight is 389 g/mol. The third-order valence-corrected chi connectivity index (χ3v) is 5.09. The monoisotopic (exact) mass is 389 g/mol. The van der Waals surface area contributed by atoms with Gasteiger partial charge in [-0.05, 0) is 30.2 Å². The molecular weight excluding hydrogens is 367 g/mol. The molecule has 0 spiro atoms. The molecule has 0 bridgehead atoms. The predicted molar refractivity (Wildman–Crippen MR) is 95.4 cm³/mol. The summed E-state index contributed by atoms with van der Waals surface area (Å²) in [5.41, 5.74) is 4.89. The molecule has 0 radical (unpaired) electrons. The highest BCUT2D eigenvalue weighted by atomic mass is 32.2. The number of benzene rings is 1. The number of anilines is 1. The molecule has 1 aliphatic rings. The van der Waals surface area contributed by atoms with Crippen LogP contribution >= 0.6 is 11.8 Å². The maximum absolute atomic E-state index is 13.0. The Labute approximate surface area is 154 Å². The Bertz CT molecular complexity index is 667. The summed E-state index contributed by atoms with van der Waals surface area (Å²) in [6.07, 6.45) is -2.56. The number of hydrogen-bond acceptors (Lipinski definition) is 4. The van der Waals surface area contributed by atoms with Crippen molar-refractivity contribution in [2.75, 3.05) is 16.9 Å². The van der Waals surface area contributed by atoms with Crippen molar-refractivity contribution in [2.45, 2.75) is 44.9 Å². The summed E-state index contributed by atoms with van der Waals surface area (Å²) in [5, 5.41) is 2.51. The van der Waals surface area contributed by atoms with E-state index in [9.17, 15) is 22.8 Å². The van der Waals surface area contributed by atoms with Gasteiger partial charge < -0.3 is 16.0 Å². The van der Waals surface area contributed by atoms with Crippen LogP contribution in [-0.2, 0) is 22.3 Å². The molecule has 0 aliphatic carbocycles. The van der Waals surface area contributed by atoms with Gasteiger partial charge in [-0.1, -0.05) is 13.3 Å². The largest absolute Gasteiger partial charge is 0.416 e. The summed E-state index contributed by atoms with van der Waals surface area (Å²) in [5.74, 6) is 0.245. The van der Waals surface area contributed by atoms with Crippen LogP contribution in [0.5, 0.6) is 0 Å². The molecule has 9 heteroatoms. The number of nitrogens with one attached hydrogen (secondary N) is 1. The van der Waals surface area contributed by atoms with E-state index >= 15 is 0 Å². The second-order valence-corrected chi connectivity index (χ2v) is 7.09. The molecule has 1 heterocycles. The summed E-state index contributed by atoms with van der Waals surface area (Å²) in [4.78, 5) is 26.3. The van der Waals surface area contributed by atoms with E-state index in [1.165, 1.54) is 22.7 Å². The van der Waals surface area contributed by atoms with Gasteiger partial charge in [0.1, 0.15) is 6.04 Å². The van der Waals surface area contributed by atoms with Crippen LogP contribution in [0.25, 0.3) is 0 Å². The fraction of sp³-hybridized carbons (Fsp3) is 0.529. The van der Waals surface area contributed by atoms with Gasteiger partial charge in [0.05, 0.1) is 11.4 Å². The minimum absolute atomic E-state index is 0.0307. The quantitative estimate of drug-likeness (QED) is 0.784. The lowest BCUT2D eigenvalue weighted by atomic mass is 10.1. The maximum Gasteiger partial charge on any atom is 0.416 e. The van der Waals surface area contributed by atoms with E-state index in [1.807, 2.05) is 6.92 Å².